The molecule has 1 aliphatic rings. The first kappa shape index (κ1) is 14.4. The molecule has 0 spiro atoms. The number of carbonyl (C=O) groups is 1. The number of aromatic nitrogens is 3. The maximum absolute atomic E-state index is 12.6. The highest BCUT2D eigenvalue weighted by Gasteiger charge is 2.16. The second kappa shape index (κ2) is 5.80. The van der Waals surface area contributed by atoms with Crippen molar-refractivity contribution in [1.29, 1.82) is 0 Å². The fourth-order valence-corrected chi connectivity index (χ4v) is 2.75. The lowest BCUT2D eigenvalue weighted by Gasteiger charge is -2.16. The van der Waals surface area contributed by atoms with E-state index in [1.54, 1.807) is 12.1 Å². The molecule has 0 unspecified atom stereocenters. The quantitative estimate of drug-likeness (QED) is 0.785. The topological polar surface area (TPSA) is 92.7 Å². The molecule has 1 amide bonds. The van der Waals surface area contributed by atoms with E-state index in [2.05, 4.69) is 20.3 Å². The van der Waals surface area contributed by atoms with E-state index in [0.29, 0.717) is 5.65 Å². The lowest BCUT2D eigenvalue weighted by molar-refractivity contribution is 0.0996. The van der Waals surface area contributed by atoms with Crippen LogP contribution in [0.3, 0.4) is 0 Å². The summed E-state index contributed by atoms with van der Waals surface area (Å²) < 4.78 is 6.23. The van der Waals surface area contributed by atoms with Gasteiger partial charge in [0, 0.05) is 13.1 Å². The molecule has 8 heteroatoms. The van der Waals surface area contributed by atoms with Gasteiger partial charge in [0.2, 0.25) is 0 Å². The molecular formula is C16H15N5O3. The number of carbonyl (C=O) groups excluding carboxylic acids is 1. The maximum atomic E-state index is 12.6. The molecule has 3 aromatic rings. The molecule has 0 aromatic carbocycles. The first-order chi connectivity index (χ1) is 11.7. The summed E-state index contributed by atoms with van der Waals surface area (Å²) in [5.74, 6) is 0.353. The van der Waals surface area contributed by atoms with Crippen LogP contribution in [0, 0.1) is 0 Å². The van der Waals surface area contributed by atoms with Crippen LogP contribution in [0.5, 0.6) is 0 Å². The Morgan fingerprint density at radius 2 is 2.04 bits per heavy atom. The Balaban J connectivity index is 1.70. The summed E-state index contributed by atoms with van der Waals surface area (Å²) in [6.07, 6.45) is 4.96. The first-order valence-corrected chi connectivity index (χ1v) is 7.71. The van der Waals surface area contributed by atoms with Gasteiger partial charge in [0.15, 0.2) is 11.4 Å². The van der Waals surface area contributed by atoms with Crippen LogP contribution in [0.4, 0.5) is 11.5 Å². The lowest BCUT2D eigenvalue weighted by Crippen LogP contribution is -2.26. The fourth-order valence-electron chi connectivity index (χ4n) is 2.75. The first-order valence-electron chi connectivity index (χ1n) is 7.71. The van der Waals surface area contributed by atoms with Crippen LogP contribution in [0.2, 0.25) is 0 Å². The minimum atomic E-state index is -0.505. The van der Waals surface area contributed by atoms with E-state index in [1.807, 2.05) is 6.07 Å². The van der Waals surface area contributed by atoms with Gasteiger partial charge in [-0.15, -0.1) is 5.10 Å². The maximum Gasteiger partial charge on any atom is 0.298 e. The lowest BCUT2D eigenvalue weighted by atomic mass is 10.4. The van der Waals surface area contributed by atoms with Crippen molar-refractivity contribution in [2.75, 3.05) is 23.3 Å². The third-order valence-corrected chi connectivity index (χ3v) is 3.97. The van der Waals surface area contributed by atoms with Gasteiger partial charge in [-0.2, -0.15) is 4.52 Å². The van der Waals surface area contributed by atoms with Crippen LogP contribution in [0.25, 0.3) is 5.65 Å². The highest BCUT2D eigenvalue weighted by Crippen LogP contribution is 2.17. The molecule has 24 heavy (non-hydrogen) atoms. The van der Waals surface area contributed by atoms with E-state index in [9.17, 15) is 9.59 Å². The Bertz CT molecular complexity index is 942. The van der Waals surface area contributed by atoms with Crippen LogP contribution in [-0.2, 0) is 0 Å². The van der Waals surface area contributed by atoms with Gasteiger partial charge in [-0.1, -0.05) is 0 Å². The Morgan fingerprint density at radius 3 is 2.79 bits per heavy atom. The number of rotatable bonds is 3. The number of nitrogens with one attached hydrogen (secondary N) is 1. The van der Waals surface area contributed by atoms with E-state index in [1.165, 1.54) is 23.0 Å². The molecule has 0 bridgehead atoms. The van der Waals surface area contributed by atoms with Crippen molar-refractivity contribution in [1.82, 2.24) is 14.6 Å². The van der Waals surface area contributed by atoms with Gasteiger partial charge < -0.3 is 14.6 Å². The molecular weight excluding hydrogens is 310 g/mol. The van der Waals surface area contributed by atoms with Crippen LogP contribution in [0.15, 0.2) is 45.9 Å². The van der Waals surface area contributed by atoms with Crippen molar-refractivity contribution in [2.45, 2.75) is 12.8 Å². The Labute approximate surface area is 136 Å². The molecule has 0 saturated carbocycles. The molecule has 1 N–H and O–H groups in total. The molecule has 3 aromatic heterocycles. The van der Waals surface area contributed by atoms with Gasteiger partial charge in [0.05, 0.1) is 12.5 Å². The molecule has 0 aliphatic carbocycles. The van der Waals surface area contributed by atoms with Crippen molar-refractivity contribution in [3.63, 3.8) is 0 Å². The summed E-state index contributed by atoms with van der Waals surface area (Å²) in [6, 6.07) is 6.73. The van der Waals surface area contributed by atoms with Gasteiger partial charge in [0.1, 0.15) is 11.5 Å². The smallest absolute Gasteiger partial charge is 0.298 e. The summed E-state index contributed by atoms with van der Waals surface area (Å²) in [7, 11) is 0. The Morgan fingerprint density at radius 1 is 1.21 bits per heavy atom. The third kappa shape index (κ3) is 2.51. The fraction of sp³-hybridized carbons (Fsp3) is 0.250. The number of furan rings is 1. The SMILES string of the molecule is O=C(Nc1cnc2ccc(N3CCCC3)nn2c1=O)c1ccco1. The monoisotopic (exact) mass is 325 g/mol. The standard InChI is InChI=1S/C16H15N5O3/c22-15(12-4-3-9-24-12)18-11-10-17-13-5-6-14(19-21(13)16(11)23)20-7-1-2-8-20/h3-6,9-10H,1-2,7-8H2,(H,18,22). The molecule has 4 rings (SSSR count). The zero-order chi connectivity index (χ0) is 16.5. The number of amides is 1. The number of anilines is 2. The molecule has 0 atom stereocenters. The normalized spacial score (nSPS) is 14.2. The summed E-state index contributed by atoms with van der Waals surface area (Å²) >= 11 is 0. The second-order valence-electron chi connectivity index (χ2n) is 5.56. The summed E-state index contributed by atoms with van der Waals surface area (Å²) in [4.78, 5) is 30.9. The molecule has 0 radical (unpaired) electrons. The summed E-state index contributed by atoms with van der Waals surface area (Å²) in [5.41, 5.74) is 0.0554. The molecule has 1 fully saturated rings. The Hall–Kier alpha value is -3.16. The van der Waals surface area contributed by atoms with Crippen LogP contribution < -0.4 is 15.8 Å². The molecule has 122 valence electrons. The van der Waals surface area contributed by atoms with Crippen molar-refractivity contribution in [3.05, 3.63) is 52.8 Å². The largest absolute Gasteiger partial charge is 0.459 e. The van der Waals surface area contributed by atoms with Crippen molar-refractivity contribution >= 4 is 23.1 Å². The highest BCUT2D eigenvalue weighted by molar-refractivity contribution is 6.02. The van der Waals surface area contributed by atoms with Gasteiger partial charge in [-0.3, -0.25) is 9.59 Å². The van der Waals surface area contributed by atoms with E-state index >= 15 is 0 Å². The second-order valence-corrected chi connectivity index (χ2v) is 5.56. The summed E-state index contributed by atoms with van der Waals surface area (Å²) in [6.45, 7) is 1.85. The van der Waals surface area contributed by atoms with Crippen molar-refractivity contribution < 1.29 is 9.21 Å². The van der Waals surface area contributed by atoms with Crippen molar-refractivity contribution in [3.8, 4) is 0 Å². The van der Waals surface area contributed by atoms with Crippen LogP contribution >= 0.6 is 0 Å². The van der Waals surface area contributed by atoms with Crippen LogP contribution in [-0.4, -0.2) is 33.6 Å². The zero-order valence-electron chi connectivity index (χ0n) is 12.8. The number of hydrogen-bond acceptors (Lipinski definition) is 6. The number of hydrogen-bond donors (Lipinski definition) is 1. The average Bonchev–Trinajstić information content (AvgIpc) is 3.31. The molecule has 4 heterocycles. The Kier molecular flexibility index (Phi) is 3.49. The van der Waals surface area contributed by atoms with Gasteiger partial charge >= 0.3 is 0 Å². The van der Waals surface area contributed by atoms with E-state index in [0.717, 1.165) is 31.7 Å². The predicted molar refractivity (Wildman–Crippen MR) is 87.4 cm³/mol. The van der Waals surface area contributed by atoms with E-state index in [-0.39, 0.29) is 11.4 Å². The molecule has 8 nitrogen and oxygen atoms in total. The summed E-state index contributed by atoms with van der Waals surface area (Å²) in [5, 5.41) is 6.89. The van der Waals surface area contributed by atoms with Gasteiger partial charge in [-0.25, -0.2) is 4.98 Å². The minimum absolute atomic E-state index is 0.0555. The average molecular weight is 325 g/mol. The number of nitrogens with zero attached hydrogens (tertiary/aromatic N) is 4. The van der Waals surface area contributed by atoms with Gasteiger partial charge in [0.25, 0.3) is 11.5 Å². The van der Waals surface area contributed by atoms with Gasteiger partial charge in [-0.05, 0) is 37.1 Å². The van der Waals surface area contributed by atoms with Crippen molar-refractivity contribution in [2.24, 2.45) is 0 Å². The third-order valence-electron chi connectivity index (χ3n) is 3.97. The minimum Gasteiger partial charge on any atom is -0.459 e. The van der Waals surface area contributed by atoms with E-state index in [4.69, 9.17) is 4.42 Å². The molecule has 1 aliphatic heterocycles. The zero-order valence-corrected chi connectivity index (χ0v) is 12.8. The molecule has 1 saturated heterocycles. The number of fused-ring (bicyclic) bond motifs is 1. The van der Waals surface area contributed by atoms with Crippen LogP contribution in [0.1, 0.15) is 23.4 Å². The predicted octanol–water partition coefficient (Wildman–Crippen LogP) is 1.53. The van der Waals surface area contributed by atoms with E-state index < -0.39 is 11.5 Å². The highest BCUT2D eigenvalue weighted by atomic mass is 16.3.